The van der Waals surface area contributed by atoms with Gasteiger partial charge in [0.1, 0.15) is 42.6 Å². The predicted octanol–water partition coefficient (Wildman–Crippen LogP) is -3.71. The fourth-order valence-corrected chi connectivity index (χ4v) is 3.08. The van der Waals surface area contributed by atoms with E-state index >= 15 is 0 Å². The first kappa shape index (κ1) is 20.1. The van der Waals surface area contributed by atoms with Crippen molar-refractivity contribution in [1.29, 1.82) is 0 Å². The minimum atomic E-state index is -1.57. The maximum atomic E-state index is 11.9. The van der Waals surface area contributed by atoms with Crippen molar-refractivity contribution in [3.8, 4) is 0 Å². The maximum absolute atomic E-state index is 11.9. The number of rotatable bonds is 5. The Balaban J connectivity index is 1.60. The SMILES string of the molecule is Nc1ccn([C@H]2C[C@H](O)[C@@H](CO[C@@H]3O[C@H](CO)[C@H](O)[C@H](O)[C@H]3O)O2)c(=O)n1. The average Bonchev–Trinajstić information content (AvgIpc) is 2.99. The van der Waals surface area contributed by atoms with E-state index in [1.54, 1.807) is 0 Å². The minimum absolute atomic E-state index is 0.0669. The van der Waals surface area contributed by atoms with E-state index in [9.17, 15) is 25.2 Å². The number of nitrogens with zero attached hydrogens (tertiary/aromatic N) is 2. The van der Waals surface area contributed by atoms with Crippen LogP contribution in [-0.2, 0) is 14.2 Å². The zero-order chi connectivity index (χ0) is 19.7. The van der Waals surface area contributed by atoms with Crippen molar-refractivity contribution in [2.45, 2.75) is 55.6 Å². The van der Waals surface area contributed by atoms with Crippen molar-refractivity contribution in [3.05, 3.63) is 22.7 Å². The van der Waals surface area contributed by atoms with Crippen molar-refractivity contribution >= 4 is 5.82 Å². The summed E-state index contributed by atoms with van der Waals surface area (Å²) in [7, 11) is 0. The van der Waals surface area contributed by atoms with Gasteiger partial charge in [-0.1, -0.05) is 0 Å². The molecule has 3 rings (SSSR count). The van der Waals surface area contributed by atoms with Crippen LogP contribution in [0.5, 0.6) is 0 Å². The van der Waals surface area contributed by atoms with E-state index in [1.807, 2.05) is 0 Å². The van der Waals surface area contributed by atoms with E-state index in [0.29, 0.717) is 0 Å². The van der Waals surface area contributed by atoms with E-state index < -0.39 is 61.4 Å². The van der Waals surface area contributed by atoms with Crippen molar-refractivity contribution in [1.82, 2.24) is 9.55 Å². The van der Waals surface area contributed by atoms with Gasteiger partial charge in [-0.2, -0.15) is 4.98 Å². The highest BCUT2D eigenvalue weighted by Gasteiger charge is 2.45. The molecule has 1 aromatic rings. The first-order valence-electron chi connectivity index (χ1n) is 8.42. The lowest BCUT2D eigenvalue weighted by Crippen LogP contribution is -2.59. The molecular formula is C15H23N3O9. The molecule has 8 atom stereocenters. The second-order valence-electron chi connectivity index (χ2n) is 6.51. The van der Waals surface area contributed by atoms with E-state index in [4.69, 9.17) is 25.1 Å². The van der Waals surface area contributed by atoms with Crippen LogP contribution in [0, 0.1) is 0 Å². The fraction of sp³-hybridized carbons (Fsp3) is 0.733. The van der Waals surface area contributed by atoms with Gasteiger partial charge in [0, 0.05) is 12.6 Å². The molecule has 3 heterocycles. The molecule has 2 saturated heterocycles. The molecule has 12 nitrogen and oxygen atoms in total. The normalized spacial score (nSPS) is 39.6. The van der Waals surface area contributed by atoms with E-state index in [1.165, 1.54) is 16.8 Å². The zero-order valence-electron chi connectivity index (χ0n) is 14.2. The topological polar surface area (TPSA) is 190 Å². The molecule has 0 radical (unpaired) electrons. The molecule has 0 amide bonds. The van der Waals surface area contributed by atoms with Crippen LogP contribution in [0.2, 0.25) is 0 Å². The number of nitrogen functional groups attached to an aromatic ring is 1. The predicted molar refractivity (Wildman–Crippen MR) is 87.2 cm³/mol. The standard InChI is InChI=1S/C15H23N3O9/c16-9-1-2-18(15(24)17-9)10-3-6(20)8(26-10)5-25-14-13(23)12(22)11(21)7(4-19)27-14/h1-2,6-8,10-14,19-23H,3-5H2,(H2,16,17,24)/t6-,7+,8+,10+,11-,12-,13+,14+/m0/s1. The number of nitrogens with two attached hydrogens (primary N) is 1. The third-order valence-electron chi connectivity index (χ3n) is 4.64. The minimum Gasteiger partial charge on any atom is -0.394 e. The lowest BCUT2D eigenvalue weighted by atomic mass is 9.99. The number of hydrogen-bond acceptors (Lipinski definition) is 11. The molecule has 0 spiro atoms. The first-order valence-corrected chi connectivity index (χ1v) is 8.42. The van der Waals surface area contributed by atoms with Gasteiger partial charge in [-0.15, -0.1) is 0 Å². The van der Waals surface area contributed by atoms with Crippen LogP contribution in [0.3, 0.4) is 0 Å². The third-order valence-corrected chi connectivity index (χ3v) is 4.64. The van der Waals surface area contributed by atoms with Gasteiger partial charge in [-0.3, -0.25) is 4.57 Å². The molecule has 0 saturated carbocycles. The van der Waals surface area contributed by atoms with E-state index in [0.717, 1.165) is 0 Å². The Morgan fingerprint density at radius 3 is 2.59 bits per heavy atom. The Bertz CT molecular complexity index is 699. The Labute approximate surface area is 153 Å². The zero-order valence-corrected chi connectivity index (χ0v) is 14.2. The van der Waals surface area contributed by atoms with Crippen molar-refractivity contribution in [3.63, 3.8) is 0 Å². The highest BCUT2D eigenvalue weighted by Crippen LogP contribution is 2.29. The molecule has 0 bridgehead atoms. The number of ether oxygens (including phenoxy) is 3. The Kier molecular flexibility index (Phi) is 6.08. The number of aromatic nitrogens is 2. The fourth-order valence-electron chi connectivity index (χ4n) is 3.08. The van der Waals surface area contributed by atoms with Crippen LogP contribution >= 0.6 is 0 Å². The van der Waals surface area contributed by atoms with Crippen LogP contribution in [0.15, 0.2) is 17.1 Å². The van der Waals surface area contributed by atoms with Gasteiger partial charge in [0.25, 0.3) is 0 Å². The van der Waals surface area contributed by atoms with Crippen LogP contribution in [0.25, 0.3) is 0 Å². The number of aliphatic hydroxyl groups excluding tert-OH is 5. The molecule has 0 unspecified atom stereocenters. The third kappa shape index (κ3) is 4.12. The van der Waals surface area contributed by atoms with Gasteiger partial charge < -0.3 is 45.5 Å². The van der Waals surface area contributed by atoms with Crippen LogP contribution in [0.1, 0.15) is 12.6 Å². The quantitative estimate of drug-likeness (QED) is 0.290. The van der Waals surface area contributed by atoms with Gasteiger partial charge >= 0.3 is 5.69 Å². The summed E-state index contributed by atoms with van der Waals surface area (Å²) in [5.74, 6) is 0.0669. The summed E-state index contributed by atoms with van der Waals surface area (Å²) in [5.41, 5.74) is 4.82. The summed E-state index contributed by atoms with van der Waals surface area (Å²) < 4.78 is 17.4. The molecule has 27 heavy (non-hydrogen) atoms. The summed E-state index contributed by atoms with van der Waals surface area (Å²) in [5, 5.41) is 48.8. The van der Waals surface area contributed by atoms with Crippen LogP contribution in [-0.4, -0.2) is 91.2 Å². The average molecular weight is 389 g/mol. The van der Waals surface area contributed by atoms with Crippen molar-refractivity contribution < 1.29 is 39.7 Å². The van der Waals surface area contributed by atoms with Gasteiger partial charge in [-0.05, 0) is 6.07 Å². The van der Waals surface area contributed by atoms with Gasteiger partial charge in [0.05, 0.1) is 19.3 Å². The second-order valence-corrected chi connectivity index (χ2v) is 6.51. The molecule has 1 aromatic heterocycles. The largest absolute Gasteiger partial charge is 0.394 e. The lowest BCUT2D eigenvalue weighted by Gasteiger charge is -2.39. The summed E-state index contributed by atoms with van der Waals surface area (Å²) >= 11 is 0. The number of hydrogen-bond donors (Lipinski definition) is 6. The summed E-state index contributed by atoms with van der Waals surface area (Å²) in [4.78, 5) is 15.5. The molecule has 2 fully saturated rings. The van der Waals surface area contributed by atoms with E-state index in [2.05, 4.69) is 4.98 Å². The van der Waals surface area contributed by atoms with Gasteiger partial charge in [-0.25, -0.2) is 4.79 Å². The molecule has 12 heteroatoms. The molecule has 152 valence electrons. The van der Waals surface area contributed by atoms with Crippen LogP contribution in [0.4, 0.5) is 5.82 Å². The first-order chi connectivity index (χ1) is 12.8. The number of aliphatic hydroxyl groups is 5. The molecular weight excluding hydrogens is 366 g/mol. The highest BCUT2D eigenvalue weighted by atomic mass is 16.7. The smallest absolute Gasteiger partial charge is 0.351 e. The van der Waals surface area contributed by atoms with E-state index in [-0.39, 0.29) is 18.8 Å². The molecule has 2 aliphatic heterocycles. The van der Waals surface area contributed by atoms with Gasteiger partial charge in [0.2, 0.25) is 0 Å². The highest BCUT2D eigenvalue weighted by molar-refractivity contribution is 5.23. The molecule has 0 aliphatic carbocycles. The molecule has 0 aromatic carbocycles. The van der Waals surface area contributed by atoms with Crippen molar-refractivity contribution in [2.75, 3.05) is 18.9 Å². The van der Waals surface area contributed by atoms with Gasteiger partial charge in [0.15, 0.2) is 6.29 Å². The van der Waals surface area contributed by atoms with Crippen LogP contribution < -0.4 is 11.4 Å². The maximum Gasteiger partial charge on any atom is 0.351 e. The monoisotopic (exact) mass is 389 g/mol. The summed E-state index contributed by atoms with van der Waals surface area (Å²) in [6, 6.07) is 1.43. The Morgan fingerprint density at radius 2 is 1.93 bits per heavy atom. The lowest BCUT2D eigenvalue weighted by molar-refractivity contribution is -0.306. The number of anilines is 1. The Hall–Kier alpha value is -1.64. The summed E-state index contributed by atoms with van der Waals surface area (Å²) in [6.07, 6.45) is -8.13. The second kappa shape index (κ2) is 8.16. The summed E-state index contributed by atoms with van der Waals surface area (Å²) in [6.45, 7) is -0.806. The Morgan fingerprint density at radius 1 is 1.19 bits per heavy atom. The van der Waals surface area contributed by atoms with Crippen molar-refractivity contribution in [2.24, 2.45) is 0 Å². The molecule has 2 aliphatic rings. The molecule has 7 N–H and O–H groups in total.